The number of aryl methyl sites for hydroxylation is 1. The maximum atomic E-state index is 10.8. The molecular weight excluding hydrogens is 214 g/mol. The first-order valence-corrected chi connectivity index (χ1v) is 5.22. The predicted octanol–water partition coefficient (Wildman–Crippen LogP) is 1.81. The van der Waals surface area contributed by atoms with Gasteiger partial charge >= 0.3 is 0 Å². The Morgan fingerprint density at radius 2 is 2.08 bits per heavy atom. The van der Waals surface area contributed by atoms with Gasteiger partial charge in [-0.3, -0.25) is 9.39 Å². The van der Waals surface area contributed by atoms with Crippen molar-refractivity contribution in [1.82, 2.24) is 0 Å². The Balaban J connectivity index is 3.36. The van der Waals surface area contributed by atoms with Crippen LogP contribution in [0, 0.1) is 6.92 Å². The standard InChI is InChI=1S/C7H8ClNO3S/c1-5-2-3-6(9-8)4-7(5)13(10,11)12/h2-4,9H,1H3,(H,10,11,12). The largest absolute Gasteiger partial charge is 0.298 e. The molecule has 0 bridgehead atoms. The Morgan fingerprint density at radius 3 is 2.54 bits per heavy atom. The van der Waals surface area contributed by atoms with Crippen LogP contribution in [0.5, 0.6) is 0 Å². The summed E-state index contributed by atoms with van der Waals surface area (Å²) in [5, 5.41) is 0. The van der Waals surface area contributed by atoms with Crippen molar-refractivity contribution in [3.05, 3.63) is 23.8 Å². The normalized spacial score (nSPS) is 11.3. The third-order valence-corrected chi connectivity index (χ3v) is 2.79. The van der Waals surface area contributed by atoms with Crippen LogP contribution < -0.4 is 4.84 Å². The summed E-state index contributed by atoms with van der Waals surface area (Å²) in [5.74, 6) is 0. The van der Waals surface area contributed by atoms with Crippen LogP contribution >= 0.6 is 11.8 Å². The van der Waals surface area contributed by atoms with E-state index in [2.05, 4.69) is 4.84 Å². The number of hydrogen-bond donors (Lipinski definition) is 2. The number of rotatable bonds is 2. The fraction of sp³-hybridized carbons (Fsp3) is 0.143. The smallest absolute Gasteiger partial charge is 0.294 e. The lowest BCUT2D eigenvalue weighted by Crippen LogP contribution is -2.01. The van der Waals surface area contributed by atoms with Gasteiger partial charge in [-0.2, -0.15) is 8.42 Å². The highest BCUT2D eigenvalue weighted by Crippen LogP contribution is 2.19. The molecule has 0 aliphatic carbocycles. The maximum Gasteiger partial charge on any atom is 0.294 e. The van der Waals surface area contributed by atoms with Gasteiger partial charge in [-0.1, -0.05) is 6.07 Å². The van der Waals surface area contributed by atoms with Crippen LogP contribution in [-0.2, 0) is 10.1 Å². The lowest BCUT2D eigenvalue weighted by Gasteiger charge is -2.04. The van der Waals surface area contributed by atoms with Crippen molar-refractivity contribution in [3.63, 3.8) is 0 Å². The van der Waals surface area contributed by atoms with Crippen molar-refractivity contribution in [2.45, 2.75) is 11.8 Å². The van der Waals surface area contributed by atoms with E-state index < -0.39 is 10.1 Å². The van der Waals surface area contributed by atoms with Crippen LogP contribution in [0.2, 0.25) is 0 Å². The fourth-order valence-electron chi connectivity index (χ4n) is 0.937. The summed E-state index contributed by atoms with van der Waals surface area (Å²) in [4.78, 5) is 2.12. The summed E-state index contributed by atoms with van der Waals surface area (Å²) >= 11 is 5.27. The van der Waals surface area contributed by atoms with Gasteiger partial charge in [0.25, 0.3) is 10.1 Å². The molecule has 1 rings (SSSR count). The second-order valence-electron chi connectivity index (χ2n) is 2.55. The van der Waals surface area contributed by atoms with Crippen LogP contribution in [-0.4, -0.2) is 13.0 Å². The number of halogens is 1. The van der Waals surface area contributed by atoms with E-state index in [4.69, 9.17) is 16.3 Å². The number of anilines is 1. The molecule has 4 nitrogen and oxygen atoms in total. The lowest BCUT2D eigenvalue weighted by atomic mass is 10.2. The summed E-state index contributed by atoms with van der Waals surface area (Å²) in [6, 6.07) is 4.42. The van der Waals surface area contributed by atoms with Crippen molar-refractivity contribution in [2.24, 2.45) is 0 Å². The van der Waals surface area contributed by atoms with Crippen LogP contribution in [0.4, 0.5) is 5.69 Å². The maximum absolute atomic E-state index is 10.8. The molecule has 0 fully saturated rings. The Hall–Kier alpha value is -0.780. The highest BCUT2D eigenvalue weighted by molar-refractivity contribution is 7.85. The molecule has 0 aliphatic rings. The highest BCUT2D eigenvalue weighted by Gasteiger charge is 2.13. The first-order valence-electron chi connectivity index (χ1n) is 3.40. The van der Waals surface area contributed by atoms with E-state index in [1.54, 1.807) is 19.1 Å². The van der Waals surface area contributed by atoms with Crippen LogP contribution in [0.1, 0.15) is 5.56 Å². The van der Waals surface area contributed by atoms with Gasteiger partial charge in [0.2, 0.25) is 0 Å². The summed E-state index contributed by atoms with van der Waals surface area (Å²) in [7, 11) is -4.16. The van der Waals surface area contributed by atoms with Crippen molar-refractivity contribution in [3.8, 4) is 0 Å². The topological polar surface area (TPSA) is 66.4 Å². The van der Waals surface area contributed by atoms with Crippen LogP contribution in [0.3, 0.4) is 0 Å². The van der Waals surface area contributed by atoms with E-state index in [1.807, 2.05) is 0 Å². The van der Waals surface area contributed by atoms with Crippen molar-refractivity contribution in [2.75, 3.05) is 4.84 Å². The van der Waals surface area contributed by atoms with Gasteiger partial charge in [0.15, 0.2) is 0 Å². The van der Waals surface area contributed by atoms with Gasteiger partial charge in [0.1, 0.15) is 0 Å². The van der Waals surface area contributed by atoms with E-state index in [0.29, 0.717) is 11.3 Å². The minimum absolute atomic E-state index is 0.141. The molecule has 0 saturated heterocycles. The lowest BCUT2D eigenvalue weighted by molar-refractivity contribution is 0.482. The molecule has 0 aliphatic heterocycles. The zero-order valence-corrected chi connectivity index (χ0v) is 8.35. The summed E-state index contributed by atoms with van der Waals surface area (Å²) in [5.41, 5.74) is 0.887. The molecule has 0 amide bonds. The van der Waals surface area contributed by atoms with Gasteiger partial charge in [0, 0.05) is 11.8 Å². The molecule has 72 valence electrons. The third-order valence-electron chi connectivity index (χ3n) is 1.58. The average molecular weight is 222 g/mol. The summed E-state index contributed by atoms with van der Waals surface area (Å²) < 4.78 is 30.4. The summed E-state index contributed by atoms with van der Waals surface area (Å²) in [6.07, 6.45) is 0. The second-order valence-corrected chi connectivity index (χ2v) is 4.13. The van der Waals surface area contributed by atoms with Gasteiger partial charge in [-0.25, -0.2) is 0 Å². The number of nitrogens with one attached hydrogen (secondary N) is 1. The van der Waals surface area contributed by atoms with E-state index in [-0.39, 0.29) is 4.90 Å². The van der Waals surface area contributed by atoms with Gasteiger partial charge in [-0.15, -0.1) is 0 Å². The van der Waals surface area contributed by atoms with E-state index >= 15 is 0 Å². The molecule has 0 aromatic heterocycles. The zero-order chi connectivity index (χ0) is 10.1. The summed E-state index contributed by atoms with van der Waals surface area (Å²) in [6.45, 7) is 1.58. The molecule has 1 aromatic rings. The molecule has 1 aromatic carbocycles. The van der Waals surface area contributed by atoms with Crippen LogP contribution in [0.15, 0.2) is 23.1 Å². The van der Waals surface area contributed by atoms with Gasteiger partial charge < -0.3 is 0 Å². The van der Waals surface area contributed by atoms with E-state index in [9.17, 15) is 8.42 Å². The fourth-order valence-corrected chi connectivity index (χ4v) is 1.81. The molecule has 0 atom stereocenters. The molecule has 0 saturated carbocycles. The first kappa shape index (κ1) is 10.3. The first-order chi connectivity index (χ1) is 5.95. The van der Waals surface area contributed by atoms with Gasteiger partial charge in [0.05, 0.1) is 10.6 Å². The number of hydrogen-bond acceptors (Lipinski definition) is 3. The van der Waals surface area contributed by atoms with Crippen molar-refractivity contribution in [1.29, 1.82) is 0 Å². The van der Waals surface area contributed by atoms with E-state index in [0.717, 1.165) is 0 Å². The van der Waals surface area contributed by atoms with Crippen LogP contribution in [0.25, 0.3) is 0 Å². The molecule has 2 N–H and O–H groups in total. The zero-order valence-electron chi connectivity index (χ0n) is 6.78. The molecular formula is C7H8ClNO3S. The highest BCUT2D eigenvalue weighted by atomic mass is 35.5. The molecule has 0 unspecified atom stereocenters. The Kier molecular flexibility index (Phi) is 2.80. The Bertz CT molecular complexity index is 416. The van der Waals surface area contributed by atoms with Crippen molar-refractivity contribution >= 4 is 27.6 Å². The molecule has 13 heavy (non-hydrogen) atoms. The number of benzene rings is 1. The molecule has 6 heteroatoms. The Morgan fingerprint density at radius 1 is 1.46 bits per heavy atom. The quantitative estimate of drug-likeness (QED) is 0.591. The van der Waals surface area contributed by atoms with Gasteiger partial charge in [-0.05, 0) is 24.6 Å². The molecule has 0 radical (unpaired) electrons. The predicted molar refractivity (Wildman–Crippen MR) is 50.5 cm³/mol. The third kappa shape index (κ3) is 2.33. The molecule has 0 heterocycles. The second kappa shape index (κ2) is 3.53. The minimum atomic E-state index is -4.16. The molecule has 0 spiro atoms. The van der Waals surface area contributed by atoms with E-state index in [1.165, 1.54) is 6.07 Å². The van der Waals surface area contributed by atoms with Crippen molar-refractivity contribution < 1.29 is 13.0 Å². The average Bonchev–Trinajstić information content (AvgIpc) is 2.03. The monoisotopic (exact) mass is 221 g/mol. The Labute approximate surface area is 81.4 Å². The SMILES string of the molecule is Cc1ccc(NCl)cc1S(=O)(=O)O. The minimum Gasteiger partial charge on any atom is -0.298 e.